The van der Waals surface area contributed by atoms with Gasteiger partial charge in [0, 0.05) is 44.1 Å². The lowest BCUT2D eigenvalue weighted by molar-refractivity contribution is -0.118. The fourth-order valence-electron chi connectivity index (χ4n) is 3.03. The Morgan fingerprint density at radius 1 is 1.00 bits per heavy atom. The van der Waals surface area contributed by atoms with Crippen LogP contribution in [0.5, 0.6) is 0 Å². The number of rotatable bonds is 8. The van der Waals surface area contributed by atoms with Crippen molar-refractivity contribution in [3.63, 3.8) is 0 Å². The highest BCUT2D eigenvalue weighted by Crippen LogP contribution is 2.12. The van der Waals surface area contributed by atoms with Gasteiger partial charge in [-0.15, -0.1) is 0 Å². The highest BCUT2D eigenvalue weighted by Gasteiger charge is 2.07. The Bertz CT molecular complexity index is 993. The van der Waals surface area contributed by atoms with Gasteiger partial charge in [-0.2, -0.15) is 5.10 Å². The molecule has 0 saturated carbocycles. The average molecular weight is 419 g/mol. The number of anilines is 1. The first-order chi connectivity index (χ1) is 15.0. The van der Waals surface area contributed by atoms with Crippen LogP contribution < -0.4 is 16.0 Å². The zero-order valence-corrected chi connectivity index (χ0v) is 18.3. The van der Waals surface area contributed by atoms with Gasteiger partial charge >= 0.3 is 0 Å². The van der Waals surface area contributed by atoms with E-state index in [1.54, 1.807) is 13.2 Å². The summed E-state index contributed by atoms with van der Waals surface area (Å²) >= 11 is 0. The van der Waals surface area contributed by atoms with Gasteiger partial charge in [0.1, 0.15) is 0 Å². The number of aromatic nitrogens is 2. The number of amides is 1. The van der Waals surface area contributed by atoms with E-state index < -0.39 is 0 Å². The van der Waals surface area contributed by atoms with Crippen LogP contribution in [0.25, 0.3) is 0 Å². The number of carbonyl (C=O) groups excluding carboxylic acids is 1. The minimum Gasteiger partial charge on any atom is -0.352 e. The number of benzene rings is 2. The van der Waals surface area contributed by atoms with Crippen LogP contribution >= 0.6 is 0 Å². The van der Waals surface area contributed by atoms with Gasteiger partial charge in [-0.3, -0.25) is 14.5 Å². The molecule has 2 aromatic carbocycles. The summed E-state index contributed by atoms with van der Waals surface area (Å²) in [7, 11) is 1.76. The van der Waals surface area contributed by atoms with Crippen molar-refractivity contribution in [3.05, 3.63) is 83.7 Å². The Morgan fingerprint density at radius 2 is 1.71 bits per heavy atom. The summed E-state index contributed by atoms with van der Waals surface area (Å²) in [5, 5.41) is 13.9. The van der Waals surface area contributed by atoms with Crippen molar-refractivity contribution in [1.29, 1.82) is 0 Å². The van der Waals surface area contributed by atoms with Gasteiger partial charge in [0.05, 0.1) is 6.54 Å². The van der Waals surface area contributed by atoms with Gasteiger partial charge in [0.25, 0.3) is 0 Å². The third-order valence-electron chi connectivity index (χ3n) is 4.89. The van der Waals surface area contributed by atoms with Crippen LogP contribution in [0.4, 0.5) is 5.69 Å². The van der Waals surface area contributed by atoms with Gasteiger partial charge in [0.2, 0.25) is 5.91 Å². The van der Waals surface area contributed by atoms with Crippen LogP contribution in [0, 0.1) is 5.92 Å². The standard InChI is InChI=1S/C24H30N6O/c1-18(2)23(31)29-22-11-9-19(10-12-22)15-26-24(25-3)27-16-20-7-4-5-8-21(20)17-30-14-6-13-28-30/h4-14,18H,15-17H2,1-3H3,(H,29,31)(H2,25,26,27). The third kappa shape index (κ3) is 6.70. The molecule has 0 spiro atoms. The number of aliphatic imine (C=N–C) groups is 1. The van der Waals surface area contributed by atoms with Crippen molar-refractivity contribution in [3.8, 4) is 0 Å². The monoisotopic (exact) mass is 418 g/mol. The second-order valence-electron chi connectivity index (χ2n) is 7.59. The molecule has 7 nitrogen and oxygen atoms in total. The van der Waals surface area contributed by atoms with Crippen molar-refractivity contribution in [2.24, 2.45) is 10.9 Å². The van der Waals surface area contributed by atoms with Gasteiger partial charge in [-0.05, 0) is 34.9 Å². The molecule has 0 radical (unpaired) electrons. The summed E-state index contributed by atoms with van der Waals surface area (Å²) in [4.78, 5) is 16.1. The molecule has 1 heterocycles. The van der Waals surface area contributed by atoms with Crippen LogP contribution in [-0.2, 0) is 24.4 Å². The summed E-state index contributed by atoms with van der Waals surface area (Å²) < 4.78 is 1.92. The Kier molecular flexibility index (Phi) is 7.81. The van der Waals surface area contributed by atoms with E-state index in [0.717, 1.165) is 23.8 Å². The topological polar surface area (TPSA) is 83.3 Å². The number of carbonyl (C=O) groups is 1. The molecule has 0 fully saturated rings. The predicted octanol–water partition coefficient (Wildman–Crippen LogP) is 3.39. The minimum atomic E-state index is -0.0413. The average Bonchev–Trinajstić information content (AvgIpc) is 3.29. The van der Waals surface area contributed by atoms with E-state index in [9.17, 15) is 4.79 Å². The molecule has 1 aromatic heterocycles. The molecule has 0 aliphatic rings. The van der Waals surface area contributed by atoms with E-state index in [0.29, 0.717) is 13.1 Å². The van der Waals surface area contributed by atoms with Crippen molar-refractivity contribution in [1.82, 2.24) is 20.4 Å². The molecular formula is C24H30N6O. The maximum absolute atomic E-state index is 11.8. The number of guanidine groups is 1. The second-order valence-corrected chi connectivity index (χ2v) is 7.59. The minimum absolute atomic E-state index is 0.0170. The molecule has 0 atom stereocenters. The van der Waals surface area contributed by atoms with E-state index in [2.05, 4.69) is 38.2 Å². The van der Waals surface area contributed by atoms with E-state index in [1.165, 1.54) is 11.1 Å². The summed E-state index contributed by atoms with van der Waals surface area (Å²) in [6, 6.07) is 18.1. The van der Waals surface area contributed by atoms with E-state index in [-0.39, 0.29) is 11.8 Å². The van der Waals surface area contributed by atoms with Crippen LogP contribution in [0.1, 0.15) is 30.5 Å². The maximum atomic E-state index is 11.8. The second kappa shape index (κ2) is 11.0. The summed E-state index contributed by atoms with van der Waals surface area (Å²) in [5.41, 5.74) is 4.32. The van der Waals surface area contributed by atoms with Gasteiger partial charge in [-0.1, -0.05) is 50.2 Å². The summed E-state index contributed by atoms with van der Waals surface area (Å²) in [6.45, 7) is 5.78. The van der Waals surface area contributed by atoms with Crippen molar-refractivity contribution in [2.45, 2.75) is 33.5 Å². The van der Waals surface area contributed by atoms with Crippen LogP contribution in [0.3, 0.4) is 0 Å². The van der Waals surface area contributed by atoms with Gasteiger partial charge < -0.3 is 16.0 Å². The summed E-state index contributed by atoms with van der Waals surface area (Å²) in [6.07, 6.45) is 3.75. The molecule has 3 aromatic rings. The zero-order chi connectivity index (χ0) is 22.1. The highest BCUT2D eigenvalue weighted by atomic mass is 16.1. The van der Waals surface area contributed by atoms with E-state index in [4.69, 9.17) is 0 Å². The van der Waals surface area contributed by atoms with Gasteiger partial charge in [0.15, 0.2) is 5.96 Å². The molecule has 3 N–H and O–H groups in total. The third-order valence-corrected chi connectivity index (χ3v) is 4.89. The first-order valence-corrected chi connectivity index (χ1v) is 10.4. The highest BCUT2D eigenvalue weighted by molar-refractivity contribution is 5.92. The molecule has 162 valence electrons. The molecule has 1 amide bonds. The summed E-state index contributed by atoms with van der Waals surface area (Å²) in [5.74, 6) is 0.704. The van der Waals surface area contributed by atoms with E-state index >= 15 is 0 Å². The normalized spacial score (nSPS) is 11.4. The first kappa shape index (κ1) is 22.1. The number of hydrogen-bond acceptors (Lipinski definition) is 3. The van der Waals surface area contributed by atoms with Crippen molar-refractivity contribution >= 4 is 17.6 Å². The fraction of sp³-hybridized carbons (Fsp3) is 0.292. The Hall–Kier alpha value is -3.61. The Balaban J connectivity index is 1.52. The fourth-order valence-corrected chi connectivity index (χ4v) is 3.03. The molecular weight excluding hydrogens is 388 g/mol. The van der Waals surface area contributed by atoms with Crippen LogP contribution in [-0.4, -0.2) is 28.7 Å². The quantitative estimate of drug-likeness (QED) is 0.387. The molecule has 0 aliphatic carbocycles. The van der Waals surface area contributed by atoms with Crippen LogP contribution in [0.2, 0.25) is 0 Å². The first-order valence-electron chi connectivity index (χ1n) is 10.4. The molecule has 0 aliphatic heterocycles. The lowest BCUT2D eigenvalue weighted by atomic mass is 10.1. The molecule has 3 rings (SSSR count). The van der Waals surface area contributed by atoms with Crippen LogP contribution in [0.15, 0.2) is 72.0 Å². The lowest BCUT2D eigenvalue weighted by Gasteiger charge is -2.15. The smallest absolute Gasteiger partial charge is 0.226 e. The number of hydrogen-bond donors (Lipinski definition) is 3. The maximum Gasteiger partial charge on any atom is 0.226 e. The molecule has 31 heavy (non-hydrogen) atoms. The SMILES string of the molecule is CN=C(NCc1ccc(NC(=O)C(C)C)cc1)NCc1ccccc1Cn1cccn1. The molecule has 7 heteroatoms. The number of nitrogens with one attached hydrogen (secondary N) is 3. The lowest BCUT2D eigenvalue weighted by Crippen LogP contribution is -2.36. The largest absolute Gasteiger partial charge is 0.352 e. The molecule has 0 unspecified atom stereocenters. The van der Waals surface area contributed by atoms with Gasteiger partial charge in [-0.25, -0.2) is 0 Å². The Morgan fingerprint density at radius 3 is 2.35 bits per heavy atom. The zero-order valence-electron chi connectivity index (χ0n) is 18.3. The van der Waals surface area contributed by atoms with E-state index in [1.807, 2.05) is 67.2 Å². The predicted molar refractivity (Wildman–Crippen MR) is 125 cm³/mol. The molecule has 0 saturated heterocycles. The number of nitrogens with zero attached hydrogens (tertiary/aromatic N) is 3. The Labute approximate surface area is 183 Å². The van der Waals surface area contributed by atoms with Crippen molar-refractivity contribution < 1.29 is 4.79 Å². The molecule has 0 bridgehead atoms. The van der Waals surface area contributed by atoms with Crippen molar-refractivity contribution in [2.75, 3.05) is 12.4 Å².